The fraction of sp³-hybridized carbons (Fsp3) is 0.381. The molecule has 61 heavy (non-hydrogen) atoms. The van der Waals surface area contributed by atoms with Crippen LogP contribution in [0.4, 0.5) is 27.6 Å². The second-order valence-electron chi connectivity index (χ2n) is 15.0. The molecule has 3 atom stereocenters. The van der Waals surface area contributed by atoms with Crippen LogP contribution in [0.15, 0.2) is 79.1 Å². The van der Waals surface area contributed by atoms with Crippen LogP contribution in [0, 0.1) is 17.0 Å². The predicted molar refractivity (Wildman–Crippen MR) is 209 cm³/mol. The van der Waals surface area contributed by atoms with E-state index >= 15 is 0 Å². The number of hydrogen-bond donors (Lipinski definition) is 1. The minimum atomic E-state index is -5.27. The Hall–Kier alpha value is -5.39. The number of pyridine rings is 1. The van der Waals surface area contributed by atoms with Crippen molar-refractivity contribution < 1.29 is 64.8 Å². The Kier molecular flexibility index (Phi) is 13.4. The van der Waals surface area contributed by atoms with Crippen LogP contribution in [0.5, 0.6) is 17.2 Å². The quantitative estimate of drug-likeness (QED) is 0.0381. The molecule has 3 aliphatic heterocycles. The lowest BCUT2D eigenvalue weighted by molar-refractivity contribution is -0.605. The molecule has 0 amide bonds. The second-order valence-corrected chi connectivity index (χ2v) is 15.8. The molecule has 1 N–H and O–H groups in total. The maximum Gasteiger partial charge on any atom is 0.491 e. The number of rotatable bonds is 16. The van der Waals surface area contributed by atoms with Crippen molar-refractivity contribution in [2.75, 3.05) is 31.6 Å². The SMILES string of the molecule is O=C(O[C@@H](Cc1c(Cl)c[n+]([O-])cc1Cl)c1ccc(OC(F)F)c(OCC2CC2)c1)c1cccc(NC(C(=O)O[C@H]2CN3CCC2CC3)c2cccc(OC(=O)C(F)(F)F)c2)c1. The van der Waals surface area contributed by atoms with Crippen LogP contribution in [0.2, 0.25) is 10.0 Å². The molecule has 2 bridgehead atoms. The summed E-state index contributed by atoms with van der Waals surface area (Å²) >= 11 is 12.8. The van der Waals surface area contributed by atoms with Crippen LogP contribution in [-0.4, -0.2) is 67.9 Å². The Morgan fingerprint density at radius 3 is 2.28 bits per heavy atom. The van der Waals surface area contributed by atoms with Gasteiger partial charge in [-0.05, 0) is 104 Å². The monoisotopic (exact) mass is 893 g/mol. The first-order chi connectivity index (χ1) is 29.1. The minimum absolute atomic E-state index is 0.0204. The maximum atomic E-state index is 14.0. The van der Waals surface area contributed by atoms with Crippen LogP contribution in [-0.2, 0) is 25.5 Å². The molecule has 8 rings (SSSR count). The number of carbonyl (C=O) groups excluding carboxylic acids is 3. The van der Waals surface area contributed by atoms with Gasteiger partial charge in [-0.2, -0.15) is 26.7 Å². The first kappa shape index (κ1) is 43.7. The molecule has 4 aromatic rings. The number of alkyl halides is 5. The highest BCUT2D eigenvalue weighted by molar-refractivity contribution is 6.35. The Bertz CT molecular complexity index is 2230. The molecule has 3 saturated heterocycles. The van der Waals surface area contributed by atoms with Crippen LogP contribution in [0.1, 0.15) is 64.9 Å². The van der Waals surface area contributed by atoms with Crippen LogP contribution < -0.4 is 24.3 Å². The predicted octanol–water partition coefficient (Wildman–Crippen LogP) is 8.42. The molecule has 1 unspecified atom stereocenters. The van der Waals surface area contributed by atoms with Gasteiger partial charge in [-0.15, -0.1) is 0 Å². The van der Waals surface area contributed by atoms with Gasteiger partial charge in [0.15, 0.2) is 29.9 Å². The third-order valence-electron chi connectivity index (χ3n) is 10.6. The van der Waals surface area contributed by atoms with Crippen molar-refractivity contribution in [2.45, 2.75) is 63.1 Å². The van der Waals surface area contributed by atoms with E-state index in [2.05, 4.69) is 19.7 Å². The normalized spacial score (nSPS) is 19.4. The molecule has 4 heterocycles. The lowest BCUT2D eigenvalue weighted by Crippen LogP contribution is -2.52. The molecular formula is C42H38Cl2F5N3O9. The Balaban J connectivity index is 1.17. The number of aromatic nitrogens is 1. The number of fused-ring (bicyclic) bond motifs is 3. The van der Waals surface area contributed by atoms with Crippen molar-refractivity contribution in [2.24, 2.45) is 11.8 Å². The number of nitrogens with zero attached hydrogens (tertiary/aromatic N) is 2. The fourth-order valence-electron chi connectivity index (χ4n) is 7.22. The van der Waals surface area contributed by atoms with Gasteiger partial charge in [0.2, 0.25) is 0 Å². The smallest absolute Gasteiger partial charge is 0.491 e. The lowest BCUT2D eigenvalue weighted by atomic mass is 9.86. The van der Waals surface area contributed by atoms with Crippen LogP contribution in [0.25, 0.3) is 0 Å². The number of nitrogens with one attached hydrogen (secondary N) is 1. The van der Waals surface area contributed by atoms with Crippen molar-refractivity contribution in [3.05, 3.63) is 117 Å². The standard InChI is InChI=1S/C42H38Cl2F5N3O9/c43-31-19-52(56)20-32(44)30(31)18-34(25-9-10-33(61-41(45)46)35(17-25)57-22-23-7-8-23)59-38(53)27-4-1-5-28(15-27)50-37(39(54)60-36-21-51-13-11-24(36)12-14-51)26-3-2-6-29(16-26)58-40(55)42(47,48)49/h1-6,9-10,15-17,19-20,23-24,34,36-37,41,50H,7-8,11-14,18,21-22H2/t34-,36-,37?/m0/s1. The van der Waals surface area contributed by atoms with Gasteiger partial charge in [0.25, 0.3) is 0 Å². The number of carbonyl (C=O) groups is 3. The molecule has 1 aliphatic carbocycles. The summed E-state index contributed by atoms with van der Waals surface area (Å²) in [5, 5.41) is 15.0. The number of piperidine rings is 3. The van der Waals surface area contributed by atoms with Crippen LogP contribution in [0.3, 0.4) is 0 Å². The molecule has 324 valence electrons. The molecule has 1 saturated carbocycles. The highest BCUT2D eigenvalue weighted by atomic mass is 35.5. The third kappa shape index (κ3) is 11.3. The summed E-state index contributed by atoms with van der Waals surface area (Å²) in [7, 11) is 0. The Labute approximate surface area is 355 Å². The van der Waals surface area contributed by atoms with Crippen LogP contribution >= 0.6 is 23.2 Å². The van der Waals surface area contributed by atoms with Crippen molar-refractivity contribution in [1.29, 1.82) is 0 Å². The van der Waals surface area contributed by atoms with E-state index in [1.54, 1.807) is 0 Å². The molecule has 4 aliphatic rings. The van der Waals surface area contributed by atoms with E-state index < -0.39 is 54.7 Å². The summed E-state index contributed by atoms with van der Waals surface area (Å²) in [5.74, 6) is -4.46. The van der Waals surface area contributed by atoms with Gasteiger partial charge in [-0.3, -0.25) is 4.90 Å². The first-order valence-corrected chi connectivity index (χ1v) is 20.0. The minimum Gasteiger partial charge on any atom is -0.619 e. The van der Waals surface area contributed by atoms with Gasteiger partial charge in [0.1, 0.15) is 28.0 Å². The van der Waals surface area contributed by atoms with Crippen molar-refractivity contribution in [1.82, 2.24) is 4.90 Å². The average molecular weight is 895 g/mol. The van der Waals surface area contributed by atoms with E-state index in [0.717, 1.165) is 63.3 Å². The van der Waals surface area contributed by atoms with E-state index in [1.165, 1.54) is 54.6 Å². The topological polar surface area (TPSA) is 140 Å². The van der Waals surface area contributed by atoms with Gasteiger partial charge in [-0.25, -0.2) is 14.4 Å². The van der Waals surface area contributed by atoms with Crippen molar-refractivity contribution in [3.63, 3.8) is 0 Å². The van der Waals surface area contributed by atoms with Crippen molar-refractivity contribution >= 4 is 46.8 Å². The fourth-order valence-corrected chi connectivity index (χ4v) is 7.82. The summed E-state index contributed by atoms with van der Waals surface area (Å²) in [5.41, 5.74) is 0.782. The highest BCUT2D eigenvalue weighted by Gasteiger charge is 2.42. The summed E-state index contributed by atoms with van der Waals surface area (Å²) in [6.07, 6.45) is -1.48. The second kappa shape index (κ2) is 18.7. The van der Waals surface area contributed by atoms with Crippen molar-refractivity contribution in [3.8, 4) is 17.2 Å². The van der Waals surface area contributed by atoms with E-state index in [1.807, 2.05) is 0 Å². The van der Waals surface area contributed by atoms with E-state index in [4.69, 9.17) is 37.4 Å². The zero-order chi connectivity index (χ0) is 43.4. The molecule has 4 fully saturated rings. The maximum absolute atomic E-state index is 14.0. The summed E-state index contributed by atoms with van der Waals surface area (Å²) < 4.78 is 93.3. The van der Waals surface area contributed by atoms with Gasteiger partial charge in [0.05, 0.1) is 12.2 Å². The van der Waals surface area contributed by atoms with Gasteiger partial charge >= 0.3 is 30.7 Å². The highest BCUT2D eigenvalue weighted by Crippen LogP contribution is 2.39. The molecule has 0 radical (unpaired) electrons. The summed E-state index contributed by atoms with van der Waals surface area (Å²) in [4.78, 5) is 41.8. The molecule has 0 spiro atoms. The van der Waals surface area contributed by atoms with Gasteiger partial charge in [-0.1, -0.05) is 47.5 Å². The number of anilines is 1. The zero-order valence-electron chi connectivity index (χ0n) is 32.0. The largest absolute Gasteiger partial charge is 0.619 e. The third-order valence-corrected chi connectivity index (χ3v) is 11.2. The van der Waals surface area contributed by atoms with E-state index in [9.17, 15) is 41.5 Å². The number of esters is 3. The van der Waals surface area contributed by atoms with Gasteiger partial charge in [0, 0.05) is 24.2 Å². The number of halogens is 7. The lowest BCUT2D eigenvalue weighted by Gasteiger charge is -2.44. The molecule has 12 nitrogen and oxygen atoms in total. The Morgan fingerprint density at radius 2 is 1.62 bits per heavy atom. The summed E-state index contributed by atoms with van der Waals surface area (Å²) in [6.45, 7) is -0.653. The number of hydrogen-bond acceptors (Lipinski definition) is 11. The molecule has 1 aromatic heterocycles. The first-order valence-electron chi connectivity index (χ1n) is 19.3. The zero-order valence-corrected chi connectivity index (χ0v) is 33.6. The van der Waals surface area contributed by atoms with E-state index in [-0.39, 0.29) is 74.3 Å². The Morgan fingerprint density at radius 1 is 0.902 bits per heavy atom. The average Bonchev–Trinajstić information content (AvgIpc) is 4.05. The number of benzene rings is 3. The van der Waals surface area contributed by atoms with E-state index in [0.29, 0.717) is 11.3 Å². The summed E-state index contributed by atoms with van der Waals surface area (Å²) in [6, 6.07) is 13.5. The van der Waals surface area contributed by atoms with Gasteiger partial charge < -0.3 is 34.2 Å². The number of ether oxygens (including phenoxy) is 5. The molecular weight excluding hydrogens is 856 g/mol. The molecule has 19 heteroatoms. The molecule has 3 aromatic carbocycles.